The van der Waals surface area contributed by atoms with Crippen LogP contribution in [0.3, 0.4) is 0 Å². The van der Waals surface area contributed by atoms with E-state index in [2.05, 4.69) is 0 Å². The van der Waals surface area contributed by atoms with Crippen LogP contribution in [0.5, 0.6) is 5.75 Å². The van der Waals surface area contributed by atoms with Crippen LogP contribution in [0.25, 0.3) is 0 Å². The minimum absolute atomic E-state index is 0.124. The van der Waals surface area contributed by atoms with Crippen LogP contribution in [-0.2, 0) is 9.59 Å². The van der Waals surface area contributed by atoms with Gasteiger partial charge in [0.25, 0.3) is 0 Å². The summed E-state index contributed by atoms with van der Waals surface area (Å²) in [4.78, 5) is 24.5. The monoisotopic (exact) mass is 219 g/mol. The molecule has 0 spiro atoms. The van der Waals surface area contributed by atoms with Crippen LogP contribution in [0, 0.1) is 0 Å². The van der Waals surface area contributed by atoms with Crippen molar-refractivity contribution in [2.24, 2.45) is 0 Å². The van der Waals surface area contributed by atoms with Gasteiger partial charge >= 0.3 is 0 Å². The summed E-state index contributed by atoms with van der Waals surface area (Å²) in [5.41, 5.74) is 0.621. The average Bonchev–Trinajstić information content (AvgIpc) is 2.30. The van der Waals surface area contributed by atoms with E-state index < -0.39 is 0 Å². The Kier molecular flexibility index (Phi) is 2.90. The number of hydrogen-bond donors (Lipinski definition) is 0. The second-order valence-corrected chi connectivity index (χ2v) is 3.67. The molecule has 0 unspecified atom stereocenters. The highest BCUT2D eigenvalue weighted by atomic mass is 16.5. The molecular weight excluding hydrogens is 206 g/mol. The summed E-state index contributed by atoms with van der Waals surface area (Å²) in [6.45, 7) is 0. The Bertz CT molecular complexity index is 395. The highest BCUT2D eigenvalue weighted by Crippen LogP contribution is 2.24. The molecule has 1 fully saturated rings. The predicted octanol–water partition coefficient (Wildman–Crippen LogP) is 1.74. The lowest BCUT2D eigenvalue weighted by molar-refractivity contribution is -0.129. The van der Waals surface area contributed by atoms with Crippen molar-refractivity contribution in [3.8, 4) is 5.75 Å². The fraction of sp³-hybridized carbons (Fsp3) is 0.333. The molecule has 4 nitrogen and oxygen atoms in total. The molecule has 2 amide bonds. The average molecular weight is 219 g/mol. The number of hydrogen-bond acceptors (Lipinski definition) is 3. The topological polar surface area (TPSA) is 46.6 Å². The van der Waals surface area contributed by atoms with E-state index in [1.54, 1.807) is 31.4 Å². The first-order chi connectivity index (χ1) is 7.72. The Morgan fingerprint density at radius 3 is 2.12 bits per heavy atom. The van der Waals surface area contributed by atoms with Crippen molar-refractivity contribution in [1.29, 1.82) is 0 Å². The molecule has 1 aromatic carbocycles. The predicted molar refractivity (Wildman–Crippen MR) is 59.3 cm³/mol. The normalized spacial score (nSPS) is 16.4. The molecule has 1 saturated heterocycles. The highest BCUT2D eigenvalue weighted by Gasteiger charge is 2.27. The van der Waals surface area contributed by atoms with E-state index in [0.29, 0.717) is 30.7 Å². The summed E-state index contributed by atoms with van der Waals surface area (Å²) >= 11 is 0. The van der Waals surface area contributed by atoms with Gasteiger partial charge in [0.05, 0.1) is 12.8 Å². The van der Waals surface area contributed by atoms with Gasteiger partial charge in [-0.05, 0) is 30.7 Å². The van der Waals surface area contributed by atoms with Crippen LogP contribution < -0.4 is 9.64 Å². The van der Waals surface area contributed by atoms with Crippen LogP contribution in [0.4, 0.5) is 5.69 Å². The molecule has 1 aliphatic rings. The number of ether oxygens (including phenoxy) is 1. The van der Waals surface area contributed by atoms with Crippen molar-refractivity contribution in [1.82, 2.24) is 0 Å². The molecule has 2 rings (SSSR count). The lowest BCUT2D eigenvalue weighted by atomic mass is 10.1. The zero-order valence-electron chi connectivity index (χ0n) is 9.10. The first kappa shape index (κ1) is 10.7. The number of anilines is 1. The van der Waals surface area contributed by atoms with Crippen molar-refractivity contribution in [3.63, 3.8) is 0 Å². The van der Waals surface area contributed by atoms with Crippen molar-refractivity contribution < 1.29 is 14.3 Å². The van der Waals surface area contributed by atoms with E-state index in [4.69, 9.17) is 4.74 Å². The summed E-state index contributed by atoms with van der Waals surface area (Å²) < 4.78 is 5.02. The quantitative estimate of drug-likeness (QED) is 0.712. The third-order valence-corrected chi connectivity index (χ3v) is 2.61. The number of imide groups is 1. The first-order valence-electron chi connectivity index (χ1n) is 5.22. The summed E-state index contributed by atoms with van der Waals surface area (Å²) in [6, 6.07) is 6.93. The molecule has 0 aliphatic carbocycles. The third-order valence-electron chi connectivity index (χ3n) is 2.61. The van der Waals surface area contributed by atoms with Crippen LogP contribution in [0.1, 0.15) is 19.3 Å². The molecule has 16 heavy (non-hydrogen) atoms. The molecule has 0 saturated carbocycles. The third kappa shape index (κ3) is 1.91. The minimum atomic E-state index is -0.124. The number of nitrogens with zero attached hydrogens (tertiary/aromatic N) is 1. The van der Waals surface area contributed by atoms with Crippen molar-refractivity contribution in [3.05, 3.63) is 24.3 Å². The van der Waals surface area contributed by atoms with E-state index in [9.17, 15) is 9.59 Å². The molecular formula is C12H13NO3. The molecule has 1 aromatic rings. The van der Waals surface area contributed by atoms with Crippen molar-refractivity contribution in [2.45, 2.75) is 19.3 Å². The first-order valence-corrected chi connectivity index (χ1v) is 5.22. The number of piperidine rings is 1. The Labute approximate surface area is 93.8 Å². The van der Waals surface area contributed by atoms with Gasteiger partial charge in [-0.1, -0.05) is 0 Å². The Balaban J connectivity index is 2.27. The van der Waals surface area contributed by atoms with Crippen LogP contribution >= 0.6 is 0 Å². The Morgan fingerprint density at radius 1 is 1.06 bits per heavy atom. The van der Waals surface area contributed by atoms with Crippen LogP contribution in [0.15, 0.2) is 24.3 Å². The van der Waals surface area contributed by atoms with Gasteiger partial charge in [-0.25, -0.2) is 0 Å². The molecule has 1 aliphatic heterocycles. The summed E-state index contributed by atoms with van der Waals surface area (Å²) in [5.74, 6) is 0.462. The molecule has 0 aromatic heterocycles. The molecule has 0 bridgehead atoms. The number of methoxy groups -OCH3 is 1. The maximum absolute atomic E-state index is 11.6. The maximum Gasteiger partial charge on any atom is 0.233 e. The number of carbonyl (C=O) groups is 2. The van der Waals surface area contributed by atoms with Gasteiger partial charge in [-0.2, -0.15) is 0 Å². The van der Waals surface area contributed by atoms with E-state index in [-0.39, 0.29) is 11.8 Å². The van der Waals surface area contributed by atoms with E-state index in [0.717, 1.165) is 0 Å². The highest BCUT2D eigenvalue weighted by molar-refractivity contribution is 6.16. The maximum atomic E-state index is 11.6. The van der Waals surface area contributed by atoms with Crippen molar-refractivity contribution in [2.75, 3.05) is 12.0 Å². The smallest absolute Gasteiger partial charge is 0.233 e. The van der Waals surface area contributed by atoms with Crippen LogP contribution in [-0.4, -0.2) is 18.9 Å². The van der Waals surface area contributed by atoms with E-state index in [1.807, 2.05) is 0 Å². The van der Waals surface area contributed by atoms with Gasteiger partial charge in [0.2, 0.25) is 11.8 Å². The number of benzene rings is 1. The van der Waals surface area contributed by atoms with Gasteiger partial charge in [0, 0.05) is 12.8 Å². The fourth-order valence-corrected chi connectivity index (χ4v) is 1.77. The largest absolute Gasteiger partial charge is 0.497 e. The number of carbonyl (C=O) groups excluding carboxylic acids is 2. The molecule has 0 N–H and O–H groups in total. The SMILES string of the molecule is COc1ccc(N2C(=O)CCCC2=O)cc1. The second-order valence-electron chi connectivity index (χ2n) is 3.67. The second kappa shape index (κ2) is 4.35. The van der Waals surface area contributed by atoms with E-state index >= 15 is 0 Å². The lowest BCUT2D eigenvalue weighted by Gasteiger charge is -2.24. The van der Waals surface area contributed by atoms with Gasteiger partial charge in [0.15, 0.2) is 0 Å². The van der Waals surface area contributed by atoms with Gasteiger partial charge < -0.3 is 4.74 Å². The van der Waals surface area contributed by atoms with Gasteiger partial charge in [-0.15, -0.1) is 0 Å². The molecule has 0 radical (unpaired) electrons. The lowest BCUT2D eigenvalue weighted by Crippen LogP contribution is -2.40. The summed E-state index contributed by atoms with van der Waals surface area (Å²) in [5, 5.41) is 0. The van der Waals surface area contributed by atoms with Gasteiger partial charge in [-0.3, -0.25) is 14.5 Å². The minimum Gasteiger partial charge on any atom is -0.497 e. The van der Waals surface area contributed by atoms with Crippen LogP contribution in [0.2, 0.25) is 0 Å². The zero-order valence-corrected chi connectivity index (χ0v) is 9.10. The van der Waals surface area contributed by atoms with Crippen molar-refractivity contribution >= 4 is 17.5 Å². The molecule has 0 atom stereocenters. The summed E-state index contributed by atoms with van der Waals surface area (Å²) in [7, 11) is 1.58. The fourth-order valence-electron chi connectivity index (χ4n) is 1.77. The Hall–Kier alpha value is -1.84. The van der Waals surface area contributed by atoms with Gasteiger partial charge in [0.1, 0.15) is 5.75 Å². The number of rotatable bonds is 2. The van der Waals surface area contributed by atoms with E-state index in [1.165, 1.54) is 4.90 Å². The molecule has 1 heterocycles. The Morgan fingerprint density at radius 2 is 1.62 bits per heavy atom. The zero-order chi connectivity index (χ0) is 11.5. The standard InChI is InChI=1S/C12H13NO3/c1-16-10-7-5-9(6-8-10)13-11(14)3-2-4-12(13)15/h5-8H,2-4H2,1H3. The molecule has 4 heteroatoms. The molecule has 84 valence electrons. The number of amides is 2. The summed E-state index contributed by atoms with van der Waals surface area (Å²) in [6.07, 6.45) is 1.54.